The van der Waals surface area contributed by atoms with E-state index in [1.54, 1.807) is 66.0 Å². The Morgan fingerprint density at radius 3 is 2.31 bits per heavy atom. The maximum atomic E-state index is 13.2. The molecule has 2 amide bonds. The minimum absolute atomic E-state index is 0.112. The summed E-state index contributed by atoms with van der Waals surface area (Å²) in [6, 6.07) is 21.3. The molecule has 0 atom stereocenters. The minimum Gasteiger partial charge on any atom is -0.508 e. The van der Waals surface area contributed by atoms with Gasteiger partial charge < -0.3 is 10.4 Å². The first kappa shape index (κ1) is 21.4. The number of carbonyl (C=O) groups is 2. The summed E-state index contributed by atoms with van der Waals surface area (Å²) in [7, 11) is 0. The van der Waals surface area contributed by atoms with Crippen LogP contribution in [0.15, 0.2) is 89.3 Å². The number of halogens is 1. The highest BCUT2D eigenvalue weighted by Crippen LogP contribution is 2.23. The summed E-state index contributed by atoms with van der Waals surface area (Å²) in [5.41, 5.74) is 4.74. The molecule has 7 nitrogen and oxygen atoms in total. The average molecular weight is 465 g/mol. The number of phenols is 1. The molecule has 3 aromatic carbocycles. The molecule has 4 rings (SSSR count). The third-order valence-corrected chi connectivity index (χ3v) is 5.54. The van der Waals surface area contributed by atoms with E-state index in [1.807, 2.05) is 6.07 Å². The zero-order valence-electron chi connectivity index (χ0n) is 16.5. The Bertz CT molecular complexity index is 1310. The van der Waals surface area contributed by atoms with Gasteiger partial charge in [-0.2, -0.15) is 0 Å². The number of rotatable bonds is 4. The lowest BCUT2D eigenvalue weighted by atomic mass is 10.1. The number of amides is 2. The van der Waals surface area contributed by atoms with Crippen LogP contribution in [0.1, 0.15) is 10.4 Å². The van der Waals surface area contributed by atoms with Crippen LogP contribution in [0.3, 0.4) is 0 Å². The van der Waals surface area contributed by atoms with Crippen molar-refractivity contribution in [2.24, 2.45) is 5.10 Å². The van der Waals surface area contributed by atoms with Crippen LogP contribution in [-0.4, -0.2) is 21.6 Å². The first-order chi connectivity index (χ1) is 15.5. The molecule has 0 radical (unpaired) electrons. The molecule has 0 unspecified atom stereocenters. The van der Waals surface area contributed by atoms with Crippen LogP contribution in [0.5, 0.6) is 5.75 Å². The number of carbonyl (C=O) groups excluding carboxylic acids is 2. The van der Waals surface area contributed by atoms with Crippen molar-refractivity contribution in [2.45, 2.75) is 0 Å². The fraction of sp³-hybridized carbons (Fsp3) is 0. The third kappa shape index (κ3) is 4.88. The first-order valence-electron chi connectivity index (χ1n) is 9.47. The number of nitrogens with zero attached hydrogens (tertiary/aromatic N) is 2. The Hall–Kier alpha value is -3.88. The number of hydrogen-bond donors (Lipinski definition) is 3. The van der Waals surface area contributed by atoms with E-state index in [0.29, 0.717) is 27.5 Å². The Morgan fingerprint density at radius 1 is 0.938 bits per heavy atom. The minimum atomic E-state index is -0.468. The van der Waals surface area contributed by atoms with Gasteiger partial charge in [0.25, 0.3) is 5.91 Å². The van der Waals surface area contributed by atoms with E-state index in [1.165, 1.54) is 28.0 Å². The van der Waals surface area contributed by atoms with Gasteiger partial charge in [0.1, 0.15) is 5.75 Å². The van der Waals surface area contributed by atoms with Crippen molar-refractivity contribution in [1.29, 1.82) is 0 Å². The summed E-state index contributed by atoms with van der Waals surface area (Å²) in [6.07, 6.45) is 0. The van der Waals surface area contributed by atoms with Crippen LogP contribution in [0.25, 0.3) is 11.3 Å². The highest BCUT2D eigenvalue weighted by molar-refractivity contribution is 7.07. The van der Waals surface area contributed by atoms with Gasteiger partial charge in [-0.15, -0.1) is 16.4 Å². The highest BCUT2D eigenvalue weighted by atomic mass is 35.5. The Morgan fingerprint density at radius 2 is 1.62 bits per heavy atom. The molecular weight excluding hydrogens is 448 g/mol. The number of anilines is 1. The number of hydrogen-bond acceptors (Lipinski definition) is 5. The van der Waals surface area contributed by atoms with Crippen molar-refractivity contribution < 1.29 is 14.7 Å². The largest absolute Gasteiger partial charge is 0.508 e. The molecule has 3 N–H and O–H groups in total. The Balaban J connectivity index is 1.71. The van der Waals surface area contributed by atoms with Gasteiger partial charge >= 0.3 is 6.03 Å². The second-order valence-corrected chi connectivity index (χ2v) is 7.91. The first-order valence-corrected chi connectivity index (χ1v) is 10.7. The topological polar surface area (TPSA) is 95.7 Å². The molecule has 0 aliphatic rings. The van der Waals surface area contributed by atoms with E-state index in [-0.39, 0.29) is 10.6 Å². The van der Waals surface area contributed by atoms with Crippen molar-refractivity contribution in [3.8, 4) is 17.0 Å². The summed E-state index contributed by atoms with van der Waals surface area (Å²) in [5, 5.41) is 18.9. The molecule has 0 aliphatic heterocycles. The normalized spacial score (nSPS) is 11.2. The van der Waals surface area contributed by atoms with Crippen molar-refractivity contribution in [1.82, 2.24) is 9.99 Å². The van der Waals surface area contributed by atoms with Crippen molar-refractivity contribution in [2.75, 3.05) is 5.32 Å². The number of aromatic nitrogens is 1. The van der Waals surface area contributed by atoms with Crippen LogP contribution >= 0.6 is 22.9 Å². The molecule has 0 bridgehead atoms. The van der Waals surface area contributed by atoms with Gasteiger partial charge in [0, 0.05) is 21.7 Å². The van der Waals surface area contributed by atoms with E-state index in [2.05, 4.69) is 15.8 Å². The molecule has 0 aliphatic carbocycles. The summed E-state index contributed by atoms with van der Waals surface area (Å²) >= 11 is 7.11. The van der Waals surface area contributed by atoms with E-state index >= 15 is 0 Å². The maximum Gasteiger partial charge on any atom is 0.332 e. The van der Waals surface area contributed by atoms with Gasteiger partial charge in [0.05, 0.1) is 5.69 Å². The van der Waals surface area contributed by atoms with Crippen LogP contribution in [0.2, 0.25) is 5.02 Å². The van der Waals surface area contributed by atoms with Crippen molar-refractivity contribution in [3.63, 3.8) is 0 Å². The molecule has 0 fully saturated rings. The van der Waals surface area contributed by atoms with Gasteiger partial charge in [-0.05, 0) is 66.2 Å². The predicted octanol–water partition coefficient (Wildman–Crippen LogP) is 4.90. The predicted molar refractivity (Wildman–Crippen MR) is 125 cm³/mol. The summed E-state index contributed by atoms with van der Waals surface area (Å²) in [5.74, 6) is -0.281. The van der Waals surface area contributed by atoms with Gasteiger partial charge in [-0.1, -0.05) is 29.8 Å². The second kappa shape index (κ2) is 9.51. The Kier molecular flexibility index (Phi) is 6.34. The lowest BCUT2D eigenvalue weighted by Gasteiger charge is -2.10. The third-order valence-electron chi connectivity index (χ3n) is 4.46. The monoisotopic (exact) mass is 464 g/mol. The Labute approximate surface area is 192 Å². The van der Waals surface area contributed by atoms with Gasteiger partial charge in [0.2, 0.25) is 4.80 Å². The number of aromatic hydroxyl groups is 1. The van der Waals surface area contributed by atoms with Crippen LogP contribution in [0, 0.1) is 0 Å². The standard InChI is InChI=1S/C23H17ClN4O3S/c24-17-8-10-18(11-9-17)25-22(31)28-20(15-6-12-19(29)13-7-15)14-32-23(28)27-26-21(30)16-4-2-1-3-5-16/h1-14,29H,(H,25,31)(H,26,30). The summed E-state index contributed by atoms with van der Waals surface area (Å²) in [4.78, 5) is 25.8. The van der Waals surface area contributed by atoms with E-state index in [9.17, 15) is 14.7 Å². The number of thiazole rings is 1. The van der Waals surface area contributed by atoms with Gasteiger partial charge in [-0.3, -0.25) is 4.79 Å². The lowest BCUT2D eigenvalue weighted by Crippen LogP contribution is -2.31. The van der Waals surface area contributed by atoms with Gasteiger partial charge in [-0.25, -0.2) is 14.8 Å². The van der Waals surface area contributed by atoms with Crippen LogP contribution in [0.4, 0.5) is 10.5 Å². The molecular formula is C23H17ClN4O3S. The maximum absolute atomic E-state index is 13.2. The van der Waals surface area contributed by atoms with Crippen LogP contribution < -0.4 is 15.5 Å². The average Bonchev–Trinajstić information content (AvgIpc) is 3.24. The fourth-order valence-corrected chi connectivity index (χ4v) is 3.85. The van der Waals surface area contributed by atoms with Gasteiger partial charge in [0.15, 0.2) is 0 Å². The summed E-state index contributed by atoms with van der Waals surface area (Å²) < 4.78 is 1.36. The molecule has 32 heavy (non-hydrogen) atoms. The second-order valence-electron chi connectivity index (χ2n) is 6.64. The van der Waals surface area contributed by atoms with Crippen LogP contribution in [-0.2, 0) is 0 Å². The fourth-order valence-electron chi connectivity index (χ4n) is 2.88. The molecule has 160 valence electrons. The molecule has 0 saturated heterocycles. The van der Waals surface area contributed by atoms with Crippen molar-refractivity contribution in [3.05, 3.63) is 99.6 Å². The zero-order chi connectivity index (χ0) is 22.5. The molecule has 9 heteroatoms. The highest BCUT2D eigenvalue weighted by Gasteiger charge is 2.16. The van der Waals surface area contributed by atoms with E-state index in [0.717, 1.165) is 0 Å². The van der Waals surface area contributed by atoms with E-state index in [4.69, 9.17) is 11.6 Å². The summed E-state index contributed by atoms with van der Waals surface area (Å²) in [6.45, 7) is 0. The molecule has 0 spiro atoms. The number of benzene rings is 3. The molecule has 1 heterocycles. The zero-order valence-corrected chi connectivity index (χ0v) is 18.1. The van der Waals surface area contributed by atoms with Crippen molar-refractivity contribution >= 4 is 40.6 Å². The SMILES string of the molecule is O=C(NN=c1scc(-c2ccc(O)cc2)n1C(=O)Nc1ccc(Cl)cc1)c1ccccc1. The molecule has 0 saturated carbocycles. The van der Waals surface area contributed by atoms with E-state index < -0.39 is 11.9 Å². The quantitative estimate of drug-likeness (QED) is 0.375. The number of nitrogens with one attached hydrogen (secondary N) is 2. The lowest BCUT2D eigenvalue weighted by molar-refractivity contribution is 0.0953. The molecule has 4 aromatic rings. The number of phenolic OH excluding ortho intramolecular Hbond substituents is 1. The molecule has 1 aromatic heterocycles. The smallest absolute Gasteiger partial charge is 0.332 e.